The van der Waals surface area contributed by atoms with Gasteiger partial charge in [0.1, 0.15) is 17.4 Å². The number of nitrogens with zero attached hydrogens (tertiary/aromatic N) is 1. The average Bonchev–Trinajstić information content (AvgIpc) is 2.82. The molecule has 3 aromatic carbocycles. The van der Waals surface area contributed by atoms with Gasteiger partial charge in [0.25, 0.3) is 0 Å². The monoisotopic (exact) mass is 436 g/mol. The van der Waals surface area contributed by atoms with Crippen molar-refractivity contribution in [3.05, 3.63) is 95.6 Å². The van der Waals surface area contributed by atoms with Crippen LogP contribution in [0.25, 0.3) is 0 Å². The lowest BCUT2D eigenvalue weighted by atomic mass is 9.90. The molecular weight excluding hydrogens is 410 g/mol. The summed E-state index contributed by atoms with van der Waals surface area (Å²) in [5.41, 5.74) is 2.60. The predicted molar refractivity (Wildman–Crippen MR) is 121 cm³/mol. The minimum atomic E-state index is -0.292. The number of nitrogens with one attached hydrogen (secondary N) is 1. The third kappa shape index (κ3) is 5.14. The third-order valence-electron chi connectivity index (χ3n) is 5.97. The van der Waals surface area contributed by atoms with Crippen LogP contribution in [0.1, 0.15) is 30.0 Å². The van der Waals surface area contributed by atoms with E-state index < -0.39 is 0 Å². The highest BCUT2D eigenvalue weighted by Crippen LogP contribution is 2.33. The van der Waals surface area contributed by atoms with Gasteiger partial charge in [-0.1, -0.05) is 30.3 Å². The molecule has 0 bridgehead atoms. The van der Waals surface area contributed by atoms with Crippen molar-refractivity contribution in [1.82, 2.24) is 4.90 Å². The number of methoxy groups -OCH3 is 1. The second-order valence-electron chi connectivity index (χ2n) is 8.04. The van der Waals surface area contributed by atoms with E-state index in [1.165, 1.54) is 24.3 Å². The SMILES string of the molecule is COc1cccc(NC(=O)C2CCN(C(c3ccc(F)cc3)c3ccc(F)cc3)CC2)c1. The summed E-state index contributed by atoms with van der Waals surface area (Å²) in [5, 5.41) is 2.99. The second-order valence-corrected chi connectivity index (χ2v) is 8.04. The second kappa shape index (κ2) is 9.92. The van der Waals surface area contributed by atoms with Crippen LogP contribution in [0.2, 0.25) is 0 Å². The summed E-state index contributed by atoms with van der Waals surface area (Å²) in [6.45, 7) is 1.41. The summed E-state index contributed by atoms with van der Waals surface area (Å²) in [6, 6.07) is 20.0. The number of hydrogen-bond donors (Lipinski definition) is 1. The van der Waals surface area contributed by atoms with Gasteiger partial charge >= 0.3 is 0 Å². The van der Waals surface area contributed by atoms with Crippen LogP contribution in [0.3, 0.4) is 0 Å². The van der Waals surface area contributed by atoms with E-state index in [0.717, 1.165) is 11.1 Å². The molecule has 1 fully saturated rings. The van der Waals surface area contributed by atoms with E-state index in [2.05, 4.69) is 10.2 Å². The molecule has 1 aliphatic rings. The topological polar surface area (TPSA) is 41.6 Å². The number of anilines is 1. The summed E-state index contributed by atoms with van der Waals surface area (Å²) in [4.78, 5) is 15.1. The number of likely N-dealkylation sites (tertiary alicyclic amines) is 1. The van der Waals surface area contributed by atoms with Crippen LogP contribution >= 0.6 is 0 Å². The van der Waals surface area contributed by atoms with Crippen molar-refractivity contribution in [2.75, 3.05) is 25.5 Å². The molecule has 4 rings (SSSR count). The fraction of sp³-hybridized carbons (Fsp3) is 0.269. The summed E-state index contributed by atoms with van der Waals surface area (Å²) >= 11 is 0. The van der Waals surface area contributed by atoms with E-state index in [1.54, 1.807) is 37.4 Å². The number of halogens is 2. The van der Waals surface area contributed by atoms with E-state index >= 15 is 0 Å². The fourth-order valence-corrected chi connectivity index (χ4v) is 4.27. The summed E-state index contributed by atoms with van der Waals surface area (Å²) in [7, 11) is 1.59. The van der Waals surface area contributed by atoms with Crippen LogP contribution in [-0.2, 0) is 4.79 Å². The lowest BCUT2D eigenvalue weighted by molar-refractivity contribution is -0.121. The number of rotatable bonds is 6. The molecule has 166 valence electrons. The number of carbonyl (C=O) groups is 1. The third-order valence-corrected chi connectivity index (χ3v) is 5.97. The van der Waals surface area contributed by atoms with Crippen molar-refractivity contribution in [3.63, 3.8) is 0 Å². The van der Waals surface area contributed by atoms with Gasteiger partial charge < -0.3 is 10.1 Å². The molecule has 6 heteroatoms. The molecule has 1 aliphatic heterocycles. The lowest BCUT2D eigenvalue weighted by Gasteiger charge is -2.37. The van der Waals surface area contributed by atoms with Crippen LogP contribution in [-0.4, -0.2) is 31.0 Å². The molecule has 0 spiro atoms. The van der Waals surface area contributed by atoms with Gasteiger partial charge in [0.15, 0.2) is 0 Å². The Bertz CT molecular complexity index is 1000. The lowest BCUT2D eigenvalue weighted by Crippen LogP contribution is -2.40. The number of amides is 1. The molecule has 0 unspecified atom stereocenters. The van der Waals surface area contributed by atoms with Gasteiger partial charge in [0, 0.05) is 17.7 Å². The molecule has 1 amide bonds. The Morgan fingerprint density at radius 3 is 2.03 bits per heavy atom. The van der Waals surface area contributed by atoms with Gasteiger partial charge in [-0.15, -0.1) is 0 Å². The van der Waals surface area contributed by atoms with E-state index in [1.807, 2.05) is 18.2 Å². The summed E-state index contributed by atoms with van der Waals surface area (Å²) in [6.07, 6.45) is 1.41. The van der Waals surface area contributed by atoms with Crippen LogP contribution in [0.15, 0.2) is 72.8 Å². The van der Waals surface area contributed by atoms with Crippen molar-refractivity contribution >= 4 is 11.6 Å². The Labute approximate surface area is 186 Å². The van der Waals surface area contributed by atoms with Gasteiger partial charge in [0.05, 0.1) is 13.2 Å². The van der Waals surface area contributed by atoms with Gasteiger partial charge in [0.2, 0.25) is 5.91 Å². The van der Waals surface area contributed by atoms with Gasteiger partial charge in [-0.25, -0.2) is 8.78 Å². The molecular formula is C26H26F2N2O2. The Morgan fingerprint density at radius 1 is 0.938 bits per heavy atom. The maximum Gasteiger partial charge on any atom is 0.227 e. The standard InChI is InChI=1S/C26H26F2N2O2/c1-32-24-4-2-3-23(17-24)29-26(31)20-13-15-30(16-14-20)25(18-5-9-21(27)10-6-18)19-7-11-22(28)12-8-19/h2-12,17,20,25H,13-16H2,1H3,(H,29,31). The highest BCUT2D eigenvalue weighted by Gasteiger charge is 2.30. The number of benzene rings is 3. The van der Waals surface area contributed by atoms with Gasteiger partial charge in [-0.05, 0) is 73.5 Å². The van der Waals surface area contributed by atoms with Crippen LogP contribution < -0.4 is 10.1 Å². The zero-order chi connectivity index (χ0) is 22.5. The van der Waals surface area contributed by atoms with Crippen molar-refractivity contribution in [2.24, 2.45) is 5.92 Å². The van der Waals surface area contributed by atoms with Crippen molar-refractivity contribution in [3.8, 4) is 5.75 Å². The first kappa shape index (κ1) is 22.0. The number of ether oxygens (including phenoxy) is 1. The van der Waals surface area contributed by atoms with Crippen LogP contribution in [0.4, 0.5) is 14.5 Å². The van der Waals surface area contributed by atoms with E-state index in [-0.39, 0.29) is 29.5 Å². The zero-order valence-corrected chi connectivity index (χ0v) is 17.9. The van der Waals surface area contributed by atoms with Crippen molar-refractivity contribution in [1.29, 1.82) is 0 Å². The summed E-state index contributed by atoms with van der Waals surface area (Å²) in [5.74, 6) is 0.00988. The normalized spacial score (nSPS) is 15.0. The van der Waals surface area contributed by atoms with Gasteiger partial charge in [-0.2, -0.15) is 0 Å². The maximum absolute atomic E-state index is 13.5. The van der Waals surface area contributed by atoms with Gasteiger partial charge in [-0.3, -0.25) is 9.69 Å². The highest BCUT2D eigenvalue weighted by atomic mass is 19.1. The predicted octanol–water partition coefficient (Wildman–Crippen LogP) is 5.41. The first-order valence-electron chi connectivity index (χ1n) is 10.7. The Kier molecular flexibility index (Phi) is 6.81. The maximum atomic E-state index is 13.5. The van der Waals surface area contributed by atoms with E-state index in [4.69, 9.17) is 4.74 Å². The highest BCUT2D eigenvalue weighted by molar-refractivity contribution is 5.92. The first-order chi connectivity index (χ1) is 15.5. The molecule has 3 aromatic rings. The van der Waals surface area contributed by atoms with E-state index in [9.17, 15) is 13.6 Å². The minimum Gasteiger partial charge on any atom is -0.497 e. The van der Waals surface area contributed by atoms with E-state index in [0.29, 0.717) is 37.4 Å². The van der Waals surface area contributed by atoms with Crippen molar-refractivity contribution in [2.45, 2.75) is 18.9 Å². The first-order valence-corrected chi connectivity index (χ1v) is 10.7. The Balaban J connectivity index is 1.46. The smallest absolute Gasteiger partial charge is 0.227 e. The Hall–Kier alpha value is -3.25. The largest absolute Gasteiger partial charge is 0.497 e. The average molecular weight is 437 g/mol. The number of carbonyl (C=O) groups excluding carboxylic acids is 1. The molecule has 32 heavy (non-hydrogen) atoms. The molecule has 0 radical (unpaired) electrons. The fourth-order valence-electron chi connectivity index (χ4n) is 4.27. The molecule has 0 aromatic heterocycles. The number of piperidine rings is 1. The van der Waals surface area contributed by atoms with Crippen LogP contribution in [0.5, 0.6) is 5.75 Å². The molecule has 1 heterocycles. The quantitative estimate of drug-likeness (QED) is 0.562. The molecule has 0 saturated carbocycles. The van der Waals surface area contributed by atoms with Crippen molar-refractivity contribution < 1.29 is 18.3 Å². The molecule has 0 aliphatic carbocycles. The minimum absolute atomic E-state index is 0.00184. The molecule has 4 nitrogen and oxygen atoms in total. The molecule has 1 saturated heterocycles. The zero-order valence-electron chi connectivity index (χ0n) is 17.9. The molecule has 0 atom stereocenters. The molecule has 1 N–H and O–H groups in total. The van der Waals surface area contributed by atoms with Crippen LogP contribution in [0, 0.1) is 17.6 Å². The Morgan fingerprint density at radius 2 is 1.50 bits per heavy atom. The summed E-state index contributed by atoms with van der Waals surface area (Å²) < 4.78 is 32.2. The number of hydrogen-bond acceptors (Lipinski definition) is 3.